The second-order valence-corrected chi connectivity index (χ2v) is 6.48. The molecule has 1 heterocycles. The fraction of sp³-hybridized carbons (Fsp3) is 0.111. The molecule has 24 heavy (non-hydrogen) atoms. The Kier molecular flexibility index (Phi) is 4.66. The van der Waals surface area contributed by atoms with Crippen LogP contribution in [0.2, 0.25) is 0 Å². The van der Waals surface area contributed by atoms with E-state index in [4.69, 9.17) is 5.73 Å². The highest BCUT2D eigenvalue weighted by Gasteiger charge is 2.10. The van der Waals surface area contributed by atoms with Crippen molar-refractivity contribution in [3.05, 3.63) is 64.4 Å². The van der Waals surface area contributed by atoms with Crippen molar-refractivity contribution in [3.8, 4) is 0 Å². The van der Waals surface area contributed by atoms with E-state index in [1.807, 2.05) is 43.3 Å². The van der Waals surface area contributed by atoms with E-state index in [1.54, 1.807) is 0 Å². The molecule has 0 fully saturated rings. The summed E-state index contributed by atoms with van der Waals surface area (Å²) in [5, 5.41) is 6.49. The molecule has 0 amide bonds. The predicted molar refractivity (Wildman–Crippen MR) is 103 cm³/mol. The predicted octanol–water partition coefficient (Wildman–Crippen LogP) is 4.93. The third-order valence-corrected chi connectivity index (χ3v) is 4.15. The van der Waals surface area contributed by atoms with Crippen molar-refractivity contribution in [1.29, 1.82) is 0 Å². The summed E-state index contributed by atoms with van der Waals surface area (Å²) in [6.45, 7) is 4.11. The van der Waals surface area contributed by atoms with Crippen LogP contribution in [0.4, 0.5) is 28.7 Å². The number of nitrogens with zero attached hydrogens (tertiary/aromatic N) is 2. The number of nitrogens with two attached hydrogens (primary N) is 1. The fourth-order valence-electron chi connectivity index (χ4n) is 2.35. The highest BCUT2D eigenvalue weighted by atomic mass is 79.9. The molecule has 0 aliphatic carbocycles. The maximum atomic E-state index is 6.23. The Morgan fingerprint density at radius 2 is 1.58 bits per heavy atom. The van der Waals surface area contributed by atoms with Crippen LogP contribution in [0.3, 0.4) is 0 Å². The Balaban J connectivity index is 1.86. The van der Waals surface area contributed by atoms with Gasteiger partial charge >= 0.3 is 0 Å². The van der Waals surface area contributed by atoms with E-state index in [1.165, 1.54) is 11.9 Å². The average Bonchev–Trinajstić information content (AvgIpc) is 2.55. The lowest BCUT2D eigenvalue weighted by atomic mass is 10.1. The summed E-state index contributed by atoms with van der Waals surface area (Å²) < 4.78 is 1.01. The summed E-state index contributed by atoms with van der Waals surface area (Å²) in [7, 11) is 0. The van der Waals surface area contributed by atoms with Gasteiger partial charge in [-0.2, -0.15) is 0 Å². The second kappa shape index (κ2) is 6.88. The van der Waals surface area contributed by atoms with Gasteiger partial charge in [-0.05, 0) is 49.7 Å². The first-order valence-electron chi connectivity index (χ1n) is 7.50. The number of aryl methyl sites for hydroxylation is 2. The van der Waals surface area contributed by atoms with Gasteiger partial charge in [0.05, 0.1) is 0 Å². The number of benzene rings is 2. The molecule has 122 valence electrons. The summed E-state index contributed by atoms with van der Waals surface area (Å²) in [5.74, 6) is 1.15. The zero-order chi connectivity index (χ0) is 17.1. The molecule has 3 rings (SSSR count). The molecule has 3 aromatic rings. The Morgan fingerprint density at radius 3 is 2.25 bits per heavy atom. The van der Waals surface area contributed by atoms with Gasteiger partial charge < -0.3 is 16.4 Å². The van der Waals surface area contributed by atoms with Crippen molar-refractivity contribution in [2.45, 2.75) is 13.8 Å². The topological polar surface area (TPSA) is 75.9 Å². The van der Waals surface area contributed by atoms with Crippen molar-refractivity contribution in [2.24, 2.45) is 0 Å². The van der Waals surface area contributed by atoms with Crippen molar-refractivity contribution in [3.63, 3.8) is 0 Å². The van der Waals surface area contributed by atoms with Crippen LogP contribution in [0.1, 0.15) is 11.1 Å². The first-order chi connectivity index (χ1) is 11.5. The summed E-state index contributed by atoms with van der Waals surface area (Å²) in [4.78, 5) is 8.49. The molecular weight excluding hydrogens is 366 g/mol. The number of nitrogen functional groups attached to an aromatic ring is 1. The molecule has 0 radical (unpaired) electrons. The standard InChI is InChI=1S/C18H18BrN5/c1-11-3-8-15(12(2)9-11)24-18-16(20)17(21-10-22-18)23-14-6-4-13(19)5-7-14/h3-10H,20H2,1-2H3,(H2,21,22,23,24). The minimum atomic E-state index is 0.473. The monoisotopic (exact) mass is 383 g/mol. The summed E-state index contributed by atoms with van der Waals surface area (Å²) >= 11 is 3.42. The molecule has 0 aliphatic heterocycles. The molecule has 5 nitrogen and oxygen atoms in total. The molecule has 0 aliphatic rings. The van der Waals surface area contributed by atoms with Crippen LogP contribution in [0, 0.1) is 13.8 Å². The van der Waals surface area contributed by atoms with E-state index in [0.717, 1.165) is 21.4 Å². The van der Waals surface area contributed by atoms with Crippen LogP contribution in [0.25, 0.3) is 0 Å². The summed E-state index contributed by atoms with van der Waals surface area (Å²) in [6.07, 6.45) is 1.49. The van der Waals surface area contributed by atoms with Gasteiger partial charge in [-0.15, -0.1) is 0 Å². The van der Waals surface area contributed by atoms with Crippen LogP contribution >= 0.6 is 15.9 Å². The van der Waals surface area contributed by atoms with E-state index in [-0.39, 0.29) is 0 Å². The minimum Gasteiger partial charge on any atom is -0.393 e. The molecule has 4 N–H and O–H groups in total. The molecule has 1 aromatic heterocycles. The van der Waals surface area contributed by atoms with Crippen molar-refractivity contribution in [1.82, 2.24) is 9.97 Å². The van der Waals surface area contributed by atoms with Gasteiger partial charge in [-0.1, -0.05) is 33.6 Å². The van der Waals surface area contributed by atoms with Crippen LogP contribution in [0.5, 0.6) is 0 Å². The summed E-state index contributed by atoms with van der Waals surface area (Å²) in [6, 6.07) is 14.0. The molecule has 0 atom stereocenters. The summed E-state index contributed by atoms with van der Waals surface area (Å²) in [5.41, 5.74) is 10.9. The molecule has 6 heteroatoms. The Hall–Kier alpha value is -2.60. The molecular formula is C18H18BrN5. The van der Waals surface area contributed by atoms with Gasteiger partial charge in [-0.25, -0.2) is 9.97 Å². The number of anilines is 5. The lowest BCUT2D eigenvalue weighted by Crippen LogP contribution is -2.05. The first kappa shape index (κ1) is 16.3. The number of nitrogens with one attached hydrogen (secondary N) is 2. The van der Waals surface area contributed by atoms with E-state index in [9.17, 15) is 0 Å². The molecule has 0 saturated heterocycles. The average molecular weight is 384 g/mol. The van der Waals surface area contributed by atoms with Crippen molar-refractivity contribution < 1.29 is 0 Å². The van der Waals surface area contributed by atoms with Crippen molar-refractivity contribution >= 4 is 44.6 Å². The zero-order valence-electron chi connectivity index (χ0n) is 13.5. The molecule has 0 bridgehead atoms. The maximum absolute atomic E-state index is 6.23. The van der Waals surface area contributed by atoms with Crippen LogP contribution < -0.4 is 16.4 Å². The van der Waals surface area contributed by atoms with Gasteiger partial charge in [0.15, 0.2) is 11.6 Å². The normalized spacial score (nSPS) is 10.5. The van der Waals surface area contributed by atoms with Crippen molar-refractivity contribution in [2.75, 3.05) is 16.4 Å². The fourth-order valence-corrected chi connectivity index (χ4v) is 2.61. The Bertz CT molecular complexity index is 862. The largest absolute Gasteiger partial charge is 0.393 e. The SMILES string of the molecule is Cc1ccc(Nc2ncnc(Nc3ccc(Br)cc3)c2N)c(C)c1. The second-order valence-electron chi connectivity index (χ2n) is 5.56. The van der Waals surface area contributed by atoms with Crippen LogP contribution in [0.15, 0.2) is 53.3 Å². The Labute approximate surface area is 149 Å². The highest BCUT2D eigenvalue weighted by molar-refractivity contribution is 9.10. The lowest BCUT2D eigenvalue weighted by molar-refractivity contribution is 1.17. The molecule has 0 saturated carbocycles. The highest BCUT2D eigenvalue weighted by Crippen LogP contribution is 2.29. The van der Waals surface area contributed by atoms with Gasteiger partial charge in [0.2, 0.25) is 0 Å². The van der Waals surface area contributed by atoms with Gasteiger partial charge in [0, 0.05) is 15.8 Å². The third-order valence-electron chi connectivity index (χ3n) is 3.63. The minimum absolute atomic E-state index is 0.473. The maximum Gasteiger partial charge on any atom is 0.159 e. The lowest BCUT2D eigenvalue weighted by Gasteiger charge is -2.14. The third kappa shape index (κ3) is 3.65. The van der Waals surface area contributed by atoms with Gasteiger partial charge in [-0.3, -0.25) is 0 Å². The van der Waals surface area contributed by atoms with E-state index in [0.29, 0.717) is 17.3 Å². The number of rotatable bonds is 4. The smallest absolute Gasteiger partial charge is 0.159 e. The van der Waals surface area contributed by atoms with Gasteiger partial charge in [0.25, 0.3) is 0 Å². The number of halogens is 1. The molecule has 0 unspecified atom stereocenters. The van der Waals surface area contributed by atoms with Gasteiger partial charge in [0.1, 0.15) is 12.0 Å². The van der Waals surface area contributed by atoms with Crippen LogP contribution in [-0.2, 0) is 0 Å². The Morgan fingerprint density at radius 1 is 0.917 bits per heavy atom. The molecule has 2 aromatic carbocycles. The van der Waals surface area contributed by atoms with Crippen LogP contribution in [-0.4, -0.2) is 9.97 Å². The number of aromatic nitrogens is 2. The van der Waals surface area contributed by atoms with E-state index < -0.39 is 0 Å². The van der Waals surface area contributed by atoms with E-state index >= 15 is 0 Å². The number of hydrogen-bond acceptors (Lipinski definition) is 5. The zero-order valence-corrected chi connectivity index (χ0v) is 15.1. The first-order valence-corrected chi connectivity index (χ1v) is 8.29. The van der Waals surface area contributed by atoms with E-state index in [2.05, 4.69) is 49.5 Å². The molecule has 0 spiro atoms. The quantitative estimate of drug-likeness (QED) is 0.595. The number of hydrogen-bond donors (Lipinski definition) is 3.